The molecule has 1 saturated carbocycles. The maximum atomic E-state index is 11.9. The van der Waals surface area contributed by atoms with E-state index in [0.717, 1.165) is 31.2 Å². The molecule has 1 saturated heterocycles. The minimum Gasteiger partial charge on any atom is -0.381 e. The maximum absolute atomic E-state index is 11.9. The third-order valence-corrected chi connectivity index (χ3v) is 4.72. The van der Waals surface area contributed by atoms with Crippen LogP contribution in [-0.4, -0.2) is 25.8 Å². The van der Waals surface area contributed by atoms with Crippen LogP contribution in [0, 0.1) is 17.6 Å². The summed E-state index contributed by atoms with van der Waals surface area (Å²) < 4.78 is 29.2. The summed E-state index contributed by atoms with van der Waals surface area (Å²) in [7, 11) is 0. The number of nitrogens with one attached hydrogen (secondary N) is 1. The molecular formula is C19H29F2NO. The first kappa shape index (κ1) is 18.3. The molecule has 1 aromatic rings. The molecule has 0 spiro atoms. The van der Waals surface area contributed by atoms with Crippen molar-refractivity contribution in [2.75, 3.05) is 19.8 Å². The molecule has 0 aromatic heterocycles. The predicted molar refractivity (Wildman–Crippen MR) is 89.4 cm³/mol. The molecule has 2 aliphatic rings. The summed E-state index contributed by atoms with van der Waals surface area (Å²) in [5, 5.41) is 3.69. The van der Waals surface area contributed by atoms with Crippen molar-refractivity contribution in [1.29, 1.82) is 0 Å². The fraction of sp³-hybridized carbons (Fsp3) is 0.684. The Morgan fingerprint density at radius 2 is 1.61 bits per heavy atom. The van der Waals surface area contributed by atoms with Gasteiger partial charge < -0.3 is 10.1 Å². The third-order valence-electron chi connectivity index (χ3n) is 4.72. The minimum absolute atomic E-state index is 0.537. The number of hydrogen-bond donors (Lipinski definition) is 1. The summed E-state index contributed by atoms with van der Waals surface area (Å²) in [5.74, 6) is -0.0545. The molecule has 2 nitrogen and oxygen atoms in total. The standard InChI is InChI=1S/C13H25NO.C6H4F2/c1-2-4-12(5-3-1)6-9-14-13-7-10-15-11-8-13;7-5-2-1-3-6(8)4-5/h12-14H,1-11H2;1-4H. The van der Waals surface area contributed by atoms with Crippen molar-refractivity contribution in [3.05, 3.63) is 35.9 Å². The van der Waals surface area contributed by atoms with Gasteiger partial charge in [0.1, 0.15) is 11.6 Å². The Hall–Kier alpha value is -1.00. The highest BCUT2D eigenvalue weighted by atomic mass is 19.1. The van der Waals surface area contributed by atoms with Crippen molar-refractivity contribution < 1.29 is 13.5 Å². The van der Waals surface area contributed by atoms with Crippen LogP contribution >= 0.6 is 0 Å². The second kappa shape index (κ2) is 10.7. The van der Waals surface area contributed by atoms with Crippen LogP contribution in [0.4, 0.5) is 8.78 Å². The molecule has 1 aromatic carbocycles. The Balaban J connectivity index is 0.000000203. The van der Waals surface area contributed by atoms with Crippen LogP contribution in [-0.2, 0) is 4.74 Å². The zero-order chi connectivity index (χ0) is 16.3. The molecule has 4 heteroatoms. The quantitative estimate of drug-likeness (QED) is 0.867. The zero-order valence-electron chi connectivity index (χ0n) is 13.9. The molecule has 23 heavy (non-hydrogen) atoms. The van der Waals surface area contributed by atoms with Gasteiger partial charge in [0.05, 0.1) is 0 Å². The summed E-state index contributed by atoms with van der Waals surface area (Å²) in [4.78, 5) is 0. The summed E-state index contributed by atoms with van der Waals surface area (Å²) in [6, 6.07) is 5.29. The van der Waals surface area contributed by atoms with Crippen molar-refractivity contribution >= 4 is 0 Å². The third kappa shape index (κ3) is 7.89. The van der Waals surface area contributed by atoms with Crippen molar-refractivity contribution in [2.45, 2.75) is 57.4 Å². The molecule has 0 unspecified atom stereocenters. The first-order valence-corrected chi connectivity index (χ1v) is 8.96. The summed E-state index contributed by atoms with van der Waals surface area (Å²) in [5.41, 5.74) is 0. The molecule has 0 atom stereocenters. The Kier molecular flexibility index (Phi) is 8.54. The van der Waals surface area contributed by atoms with E-state index in [1.54, 1.807) is 0 Å². The van der Waals surface area contributed by atoms with E-state index in [4.69, 9.17) is 4.74 Å². The van der Waals surface area contributed by atoms with Crippen LogP contribution in [0.2, 0.25) is 0 Å². The highest BCUT2D eigenvalue weighted by molar-refractivity contribution is 5.04. The summed E-state index contributed by atoms with van der Waals surface area (Å²) >= 11 is 0. The lowest BCUT2D eigenvalue weighted by Gasteiger charge is -2.26. The molecule has 0 radical (unpaired) electrons. The minimum atomic E-state index is -0.537. The fourth-order valence-electron chi connectivity index (χ4n) is 3.33. The normalized spacial score (nSPS) is 19.9. The van der Waals surface area contributed by atoms with E-state index < -0.39 is 11.6 Å². The van der Waals surface area contributed by atoms with Crippen LogP contribution in [0.5, 0.6) is 0 Å². The van der Waals surface area contributed by atoms with Gasteiger partial charge in [-0.15, -0.1) is 0 Å². The Morgan fingerprint density at radius 1 is 0.957 bits per heavy atom. The number of benzene rings is 1. The van der Waals surface area contributed by atoms with E-state index in [2.05, 4.69) is 5.32 Å². The van der Waals surface area contributed by atoms with Gasteiger partial charge in [0.25, 0.3) is 0 Å². The fourth-order valence-corrected chi connectivity index (χ4v) is 3.33. The van der Waals surface area contributed by atoms with E-state index in [-0.39, 0.29) is 0 Å². The van der Waals surface area contributed by atoms with Crippen LogP contribution in [0.3, 0.4) is 0 Å². The van der Waals surface area contributed by atoms with Gasteiger partial charge in [0.2, 0.25) is 0 Å². The van der Waals surface area contributed by atoms with Crippen LogP contribution < -0.4 is 5.32 Å². The van der Waals surface area contributed by atoms with Gasteiger partial charge in [0, 0.05) is 25.3 Å². The van der Waals surface area contributed by atoms with Crippen molar-refractivity contribution in [3.8, 4) is 0 Å². The maximum Gasteiger partial charge on any atom is 0.126 e. The number of ether oxygens (including phenoxy) is 1. The highest BCUT2D eigenvalue weighted by Gasteiger charge is 2.15. The van der Waals surface area contributed by atoms with E-state index in [0.29, 0.717) is 0 Å². The van der Waals surface area contributed by atoms with Gasteiger partial charge >= 0.3 is 0 Å². The van der Waals surface area contributed by atoms with Crippen molar-refractivity contribution in [1.82, 2.24) is 5.32 Å². The molecule has 2 fully saturated rings. The first-order valence-electron chi connectivity index (χ1n) is 8.96. The van der Waals surface area contributed by atoms with Crippen LogP contribution in [0.15, 0.2) is 24.3 Å². The van der Waals surface area contributed by atoms with Crippen LogP contribution in [0.1, 0.15) is 51.4 Å². The van der Waals surface area contributed by atoms with Gasteiger partial charge in [-0.3, -0.25) is 0 Å². The Bertz CT molecular complexity index is 394. The topological polar surface area (TPSA) is 21.3 Å². The van der Waals surface area contributed by atoms with Gasteiger partial charge in [-0.05, 0) is 43.9 Å². The molecule has 130 valence electrons. The summed E-state index contributed by atoms with van der Waals surface area (Å²) in [6.45, 7) is 3.15. The van der Waals surface area contributed by atoms with Crippen LogP contribution in [0.25, 0.3) is 0 Å². The molecule has 1 heterocycles. The van der Waals surface area contributed by atoms with Gasteiger partial charge in [-0.2, -0.15) is 0 Å². The first-order chi connectivity index (χ1) is 11.2. The second-order valence-corrected chi connectivity index (χ2v) is 6.57. The highest BCUT2D eigenvalue weighted by Crippen LogP contribution is 2.25. The molecule has 0 bridgehead atoms. The van der Waals surface area contributed by atoms with E-state index in [9.17, 15) is 8.78 Å². The lowest BCUT2D eigenvalue weighted by atomic mass is 9.87. The average molecular weight is 325 g/mol. The Morgan fingerprint density at radius 3 is 2.17 bits per heavy atom. The number of rotatable bonds is 4. The predicted octanol–water partition coefficient (Wildman–Crippen LogP) is 4.69. The monoisotopic (exact) mass is 325 g/mol. The molecule has 0 amide bonds. The zero-order valence-corrected chi connectivity index (χ0v) is 13.9. The molecule has 1 aliphatic heterocycles. The largest absolute Gasteiger partial charge is 0.381 e. The van der Waals surface area contributed by atoms with Gasteiger partial charge in [-0.25, -0.2) is 8.78 Å². The van der Waals surface area contributed by atoms with E-state index >= 15 is 0 Å². The Labute approximate surface area is 138 Å². The molecule has 1 aliphatic carbocycles. The number of hydrogen-bond acceptors (Lipinski definition) is 2. The number of halogens is 2. The van der Waals surface area contributed by atoms with Gasteiger partial charge in [0.15, 0.2) is 0 Å². The van der Waals surface area contributed by atoms with Crippen molar-refractivity contribution in [3.63, 3.8) is 0 Å². The second-order valence-electron chi connectivity index (χ2n) is 6.57. The lowest BCUT2D eigenvalue weighted by Crippen LogP contribution is -2.36. The average Bonchev–Trinajstić information content (AvgIpc) is 2.57. The lowest BCUT2D eigenvalue weighted by molar-refractivity contribution is 0.0775. The molecule has 1 N–H and O–H groups in total. The van der Waals surface area contributed by atoms with E-state index in [1.165, 1.54) is 76.1 Å². The SMILES string of the molecule is C1CCC(CCNC2CCOCC2)CC1.Fc1cccc(F)c1. The molecular weight excluding hydrogens is 296 g/mol. The smallest absolute Gasteiger partial charge is 0.126 e. The molecule has 3 rings (SSSR count). The van der Waals surface area contributed by atoms with Gasteiger partial charge in [-0.1, -0.05) is 38.2 Å². The van der Waals surface area contributed by atoms with Crippen molar-refractivity contribution in [2.24, 2.45) is 5.92 Å². The van der Waals surface area contributed by atoms with E-state index in [1.807, 2.05) is 0 Å². The summed E-state index contributed by atoms with van der Waals surface area (Å²) in [6.07, 6.45) is 11.2.